The molecule has 0 aliphatic rings. The third-order valence-electron chi connectivity index (χ3n) is 4.02. The van der Waals surface area contributed by atoms with Crippen LogP contribution in [0.1, 0.15) is 37.0 Å². The summed E-state index contributed by atoms with van der Waals surface area (Å²) in [5.41, 5.74) is 0.852. The summed E-state index contributed by atoms with van der Waals surface area (Å²) in [6.45, 7) is 3.90. The molecule has 0 fully saturated rings. The lowest BCUT2D eigenvalue weighted by atomic mass is 10.1. The van der Waals surface area contributed by atoms with Crippen molar-refractivity contribution in [2.45, 2.75) is 36.5 Å². The highest BCUT2D eigenvalue weighted by molar-refractivity contribution is 7.98. The number of carbonyl (C=O) groups is 2. The molecule has 0 aromatic heterocycles. The minimum absolute atomic E-state index is 0.0137. The molecule has 7 nitrogen and oxygen atoms in total. The van der Waals surface area contributed by atoms with Gasteiger partial charge in [0.05, 0.1) is 21.8 Å². The fraction of sp³-hybridized carbons (Fsp3) is 0.300. The second kappa shape index (κ2) is 10.3. The molecule has 0 radical (unpaired) electrons. The first-order valence-electron chi connectivity index (χ1n) is 9.14. The van der Waals surface area contributed by atoms with E-state index in [1.807, 2.05) is 13.2 Å². The summed E-state index contributed by atoms with van der Waals surface area (Å²) in [5, 5.41) is 5.43. The van der Waals surface area contributed by atoms with Gasteiger partial charge >= 0.3 is 0 Å². The summed E-state index contributed by atoms with van der Waals surface area (Å²) in [5.74, 6) is -0.634. The number of hydrogen-bond acceptors (Lipinski definition) is 5. The molecular weight excluding hydrogens is 410 g/mol. The maximum absolute atomic E-state index is 12.9. The molecule has 3 N–H and O–H groups in total. The molecule has 2 aromatic rings. The predicted octanol–water partition coefficient (Wildman–Crippen LogP) is 3.70. The number of sulfonamides is 1. The quantitative estimate of drug-likeness (QED) is 0.412. The van der Waals surface area contributed by atoms with Crippen LogP contribution in [0.5, 0.6) is 0 Å². The van der Waals surface area contributed by atoms with Gasteiger partial charge in [0.25, 0.3) is 15.9 Å². The van der Waals surface area contributed by atoms with Gasteiger partial charge in [0.1, 0.15) is 0 Å². The normalized spacial score (nSPS) is 11.0. The Balaban J connectivity index is 2.32. The summed E-state index contributed by atoms with van der Waals surface area (Å²) >= 11 is 1.39. The molecule has 0 bridgehead atoms. The van der Waals surface area contributed by atoms with Gasteiger partial charge in [0.15, 0.2) is 0 Å². The van der Waals surface area contributed by atoms with Crippen molar-refractivity contribution in [1.82, 2.24) is 5.32 Å². The molecule has 29 heavy (non-hydrogen) atoms. The SMILES string of the molecule is CCCCNC(=O)c1ccccc1NS(=O)(=O)c1ccc(SC)c(NC(C)=O)c1. The molecule has 156 valence electrons. The van der Waals surface area contributed by atoms with Crippen molar-refractivity contribution in [2.24, 2.45) is 0 Å². The number of unbranched alkanes of at least 4 members (excludes halogenated alkanes) is 1. The van der Waals surface area contributed by atoms with Crippen LogP contribution < -0.4 is 15.4 Å². The zero-order chi connectivity index (χ0) is 21.4. The number of hydrogen-bond donors (Lipinski definition) is 3. The van der Waals surface area contributed by atoms with Gasteiger partial charge in [-0.2, -0.15) is 0 Å². The van der Waals surface area contributed by atoms with Gasteiger partial charge in [-0.3, -0.25) is 14.3 Å². The molecule has 0 atom stereocenters. The van der Waals surface area contributed by atoms with E-state index < -0.39 is 10.0 Å². The van der Waals surface area contributed by atoms with E-state index >= 15 is 0 Å². The molecule has 0 unspecified atom stereocenters. The van der Waals surface area contributed by atoms with Gasteiger partial charge in [-0.05, 0) is 43.0 Å². The first kappa shape index (κ1) is 22.8. The van der Waals surface area contributed by atoms with Crippen molar-refractivity contribution < 1.29 is 18.0 Å². The lowest BCUT2D eigenvalue weighted by Crippen LogP contribution is -2.26. The Morgan fingerprint density at radius 3 is 2.45 bits per heavy atom. The van der Waals surface area contributed by atoms with E-state index in [2.05, 4.69) is 15.4 Å². The first-order valence-corrected chi connectivity index (χ1v) is 11.8. The third kappa shape index (κ3) is 6.23. The number of rotatable bonds is 9. The Hall–Kier alpha value is -2.52. The van der Waals surface area contributed by atoms with E-state index in [0.29, 0.717) is 12.2 Å². The van der Waals surface area contributed by atoms with Crippen molar-refractivity contribution in [3.05, 3.63) is 48.0 Å². The highest BCUT2D eigenvalue weighted by Gasteiger charge is 2.20. The highest BCUT2D eigenvalue weighted by Crippen LogP contribution is 2.29. The smallest absolute Gasteiger partial charge is 0.261 e. The van der Waals surface area contributed by atoms with Gasteiger partial charge < -0.3 is 10.6 Å². The number of thioether (sulfide) groups is 1. The molecule has 0 saturated carbocycles. The predicted molar refractivity (Wildman–Crippen MR) is 117 cm³/mol. The Bertz CT molecular complexity index is 991. The topological polar surface area (TPSA) is 104 Å². The number of nitrogens with one attached hydrogen (secondary N) is 3. The van der Waals surface area contributed by atoms with E-state index in [1.54, 1.807) is 24.3 Å². The summed E-state index contributed by atoms with van der Waals surface area (Å²) in [7, 11) is -3.97. The Kier molecular flexibility index (Phi) is 8.10. The van der Waals surface area contributed by atoms with Gasteiger partial charge in [0, 0.05) is 18.4 Å². The van der Waals surface area contributed by atoms with Crippen molar-refractivity contribution in [2.75, 3.05) is 22.8 Å². The van der Waals surface area contributed by atoms with E-state index in [9.17, 15) is 18.0 Å². The number of carbonyl (C=O) groups excluding carboxylic acids is 2. The zero-order valence-corrected chi connectivity index (χ0v) is 18.2. The van der Waals surface area contributed by atoms with Crippen LogP contribution >= 0.6 is 11.8 Å². The van der Waals surface area contributed by atoms with Crippen LogP contribution in [-0.2, 0) is 14.8 Å². The van der Waals surface area contributed by atoms with E-state index in [1.165, 1.54) is 36.9 Å². The summed E-state index contributed by atoms with van der Waals surface area (Å²) in [6, 6.07) is 10.9. The van der Waals surface area contributed by atoms with Gasteiger partial charge in [-0.1, -0.05) is 25.5 Å². The second-order valence-electron chi connectivity index (χ2n) is 6.30. The molecule has 0 aliphatic heterocycles. The monoisotopic (exact) mass is 435 g/mol. The van der Waals surface area contributed by atoms with Crippen LogP contribution in [0.3, 0.4) is 0 Å². The summed E-state index contributed by atoms with van der Waals surface area (Å²) < 4.78 is 28.3. The molecule has 0 spiro atoms. The minimum Gasteiger partial charge on any atom is -0.352 e. The van der Waals surface area contributed by atoms with Gasteiger partial charge in [-0.25, -0.2) is 8.42 Å². The largest absolute Gasteiger partial charge is 0.352 e. The van der Waals surface area contributed by atoms with Crippen LogP contribution in [0, 0.1) is 0 Å². The first-order chi connectivity index (χ1) is 13.8. The van der Waals surface area contributed by atoms with Crippen molar-refractivity contribution >= 4 is 45.0 Å². The third-order valence-corrected chi connectivity index (χ3v) is 6.18. The average molecular weight is 436 g/mol. The molecule has 2 amide bonds. The fourth-order valence-electron chi connectivity index (χ4n) is 2.59. The molecule has 2 rings (SSSR count). The van der Waals surface area contributed by atoms with Gasteiger partial charge in [-0.15, -0.1) is 11.8 Å². The van der Waals surface area contributed by atoms with Crippen molar-refractivity contribution in [1.29, 1.82) is 0 Å². The van der Waals surface area contributed by atoms with Crippen LogP contribution in [-0.4, -0.2) is 33.0 Å². The fourth-order valence-corrected chi connectivity index (χ4v) is 4.23. The van der Waals surface area contributed by atoms with Crippen molar-refractivity contribution in [3.63, 3.8) is 0 Å². The molecule has 0 saturated heterocycles. The second-order valence-corrected chi connectivity index (χ2v) is 8.83. The lowest BCUT2D eigenvalue weighted by Gasteiger charge is -2.14. The Morgan fingerprint density at radius 1 is 1.07 bits per heavy atom. The molecular formula is C20H25N3O4S2. The van der Waals surface area contributed by atoms with Crippen molar-refractivity contribution in [3.8, 4) is 0 Å². The number of amides is 2. The molecule has 9 heteroatoms. The highest BCUT2D eigenvalue weighted by atomic mass is 32.2. The summed E-state index contributed by atoms with van der Waals surface area (Å²) in [6.07, 6.45) is 3.62. The number of benzene rings is 2. The number of anilines is 2. The van der Waals surface area contributed by atoms with Crippen LogP contribution in [0.2, 0.25) is 0 Å². The summed E-state index contributed by atoms with van der Waals surface area (Å²) in [4.78, 5) is 24.6. The standard InChI is InChI=1S/C20H25N3O4S2/c1-4-5-12-21-20(25)16-8-6-7-9-17(16)23-29(26,27)15-10-11-19(28-3)18(13-15)22-14(2)24/h6-11,13,23H,4-5,12H2,1-3H3,(H,21,25)(H,22,24). The average Bonchev–Trinajstić information content (AvgIpc) is 2.67. The minimum atomic E-state index is -3.97. The van der Waals surface area contributed by atoms with Crippen LogP contribution in [0.4, 0.5) is 11.4 Å². The Labute approximate surface area is 175 Å². The van der Waals surface area contributed by atoms with E-state index in [0.717, 1.165) is 17.7 Å². The van der Waals surface area contributed by atoms with E-state index in [4.69, 9.17) is 0 Å². The maximum atomic E-state index is 12.9. The van der Waals surface area contributed by atoms with Crippen LogP contribution in [0.25, 0.3) is 0 Å². The molecule has 0 heterocycles. The van der Waals surface area contributed by atoms with Gasteiger partial charge in [0.2, 0.25) is 5.91 Å². The van der Waals surface area contributed by atoms with E-state index in [-0.39, 0.29) is 28.0 Å². The zero-order valence-electron chi connectivity index (χ0n) is 16.6. The molecule has 0 aliphatic carbocycles. The number of para-hydroxylation sites is 1. The lowest BCUT2D eigenvalue weighted by molar-refractivity contribution is -0.114. The Morgan fingerprint density at radius 2 is 1.79 bits per heavy atom. The molecule has 2 aromatic carbocycles. The van der Waals surface area contributed by atoms with Crippen LogP contribution in [0.15, 0.2) is 52.3 Å². The maximum Gasteiger partial charge on any atom is 0.261 e.